The standard InChI is InChI=1S/C15H28N2OS/c1-9(2)15-17-13(6)14(19-15)12(5)16-8-10(3)7-11(4)18/h9-12,16,18H,7-8H2,1-6H3. The van der Waals surface area contributed by atoms with Crippen LogP contribution in [0.15, 0.2) is 0 Å². The molecule has 0 bridgehead atoms. The second-order valence-corrected chi connectivity index (χ2v) is 7.04. The molecule has 3 atom stereocenters. The van der Waals surface area contributed by atoms with Crippen molar-refractivity contribution in [2.75, 3.05) is 6.54 Å². The highest BCUT2D eigenvalue weighted by molar-refractivity contribution is 7.11. The van der Waals surface area contributed by atoms with Gasteiger partial charge in [0.25, 0.3) is 0 Å². The fourth-order valence-electron chi connectivity index (χ4n) is 2.21. The van der Waals surface area contributed by atoms with Gasteiger partial charge in [-0.2, -0.15) is 0 Å². The van der Waals surface area contributed by atoms with E-state index in [1.807, 2.05) is 18.3 Å². The third-order valence-corrected chi connectivity index (χ3v) is 4.89. The lowest BCUT2D eigenvalue weighted by Crippen LogP contribution is -2.26. The minimum absolute atomic E-state index is 0.218. The van der Waals surface area contributed by atoms with Crippen LogP contribution >= 0.6 is 11.3 Å². The van der Waals surface area contributed by atoms with Crippen molar-refractivity contribution in [3.63, 3.8) is 0 Å². The Labute approximate surface area is 121 Å². The first-order chi connectivity index (χ1) is 8.81. The Morgan fingerprint density at radius 1 is 1.21 bits per heavy atom. The maximum atomic E-state index is 9.38. The van der Waals surface area contributed by atoms with Gasteiger partial charge in [0.05, 0.1) is 16.8 Å². The molecule has 0 radical (unpaired) electrons. The van der Waals surface area contributed by atoms with Crippen LogP contribution in [0.3, 0.4) is 0 Å². The molecule has 1 rings (SSSR count). The van der Waals surface area contributed by atoms with Crippen molar-refractivity contribution in [2.24, 2.45) is 5.92 Å². The highest BCUT2D eigenvalue weighted by atomic mass is 32.1. The molecular formula is C15H28N2OS. The molecule has 2 N–H and O–H groups in total. The van der Waals surface area contributed by atoms with E-state index in [2.05, 4.69) is 44.9 Å². The monoisotopic (exact) mass is 284 g/mol. The highest BCUT2D eigenvalue weighted by Gasteiger charge is 2.16. The van der Waals surface area contributed by atoms with Crippen LogP contribution < -0.4 is 5.32 Å². The Kier molecular flexibility index (Phi) is 6.43. The SMILES string of the molecule is Cc1nc(C(C)C)sc1C(C)NCC(C)CC(C)O. The van der Waals surface area contributed by atoms with E-state index in [1.165, 1.54) is 9.88 Å². The first-order valence-corrected chi connectivity index (χ1v) is 8.01. The Balaban J connectivity index is 2.56. The summed E-state index contributed by atoms with van der Waals surface area (Å²) < 4.78 is 0. The van der Waals surface area contributed by atoms with E-state index in [0.717, 1.165) is 18.7 Å². The van der Waals surface area contributed by atoms with E-state index in [0.29, 0.717) is 17.9 Å². The van der Waals surface area contributed by atoms with Gasteiger partial charge in [0.1, 0.15) is 0 Å². The van der Waals surface area contributed by atoms with E-state index >= 15 is 0 Å². The van der Waals surface area contributed by atoms with Gasteiger partial charge < -0.3 is 10.4 Å². The molecule has 0 aromatic carbocycles. The summed E-state index contributed by atoms with van der Waals surface area (Å²) in [5.74, 6) is 0.985. The fraction of sp³-hybridized carbons (Fsp3) is 0.800. The van der Waals surface area contributed by atoms with E-state index < -0.39 is 0 Å². The normalized spacial score (nSPS) is 16.6. The first-order valence-electron chi connectivity index (χ1n) is 7.19. The minimum atomic E-state index is -0.218. The third-order valence-electron chi connectivity index (χ3n) is 3.25. The molecule has 0 aliphatic carbocycles. The number of aryl methyl sites for hydroxylation is 1. The summed E-state index contributed by atoms with van der Waals surface area (Å²) in [6, 6.07) is 0.335. The zero-order valence-corrected chi connectivity index (χ0v) is 13.8. The number of nitrogens with one attached hydrogen (secondary N) is 1. The highest BCUT2D eigenvalue weighted by Crippen LogP contribution is 2.29. The molecule has 0 spiro atoms. The molecule has 0 amide bonds. The van der Waals surface area contributed by atoms with Gasteiger partial charge in [-0.05, 0) is 39.7 Å². The zero-order valence-electron chi connectivity index (χ0n) is 13.0. The van der Waals surface area contributed by atoms with Crippen LogP contribution in [-0.4, -0.2) is 22.7 Å². The number of thiazole rings is 1. The van der Waals surface area contributed by atoms with Crippen molar-refractivity contribution in [1.82, 2.24) is 10.3 Å². The van der Waals surface area contributed by atoms with Crippen molar-refractivity contribution >= 4 is 11.3 Å². The quantitative estimate of drug-likeness (QED) is 0.803. The predicted octanol–water partition coefficient (Wildman–Crippen LogP) is 3.63. The summed E-state index contributed by atoms with van der Waals surface area (Å²) >= 11 is 1.82. The average molecular weight is 284 g/mol. The van der Waals surface area contributed by atoms with Gasteiger partial charge in [-0.15, -0.1) is 11.3 Å². The Bertz CT molecular complexity index is 387. The number of aliphatic hydroxyl groups excluding tert-OH is 1. The second kappa shape index (κ2) is 7.36. The lowest BCUT2D eigenvalue weighted by molar-refractivity contribution is 0.162. The van der Waals surface area contributed by atoms with Crippen molar-refractivity contribution in [1.29, 1.82) is 0 Å². The Morgan fingerprint density at radius 3 is 2.32 bits per heavy atom. The molecule has 1 aromatic heterocycles. The first kappa shape index (κ1) is 16.6. The van der Waals surface area contributed by atoms with E-state index in [-0.39, 0.29) is 6.10 Å². The van der Waals surface area contributed by atoms with Gasteiger partial charge in [-0.25, -0.2) is 4.98 Å². The van der Waals surface area contributed by atoms with Gasteiger partial charge in [-0.1, -0.05) is 20.8 Å². The molecule has 3 nitrogen and oxygen atoms in total. The molecule has 110 valence electrons. The van der Waals surface area contributed by atoms with Crippen LogP contribution in [0.25, 0.3) is 0 Å². The van der Waals surface area contributed by atoms with Crippen LogP contribution in [0.4, 0.5) is 0 Å². The zero-order chi connectivity index (χ0) is 14.6. The minimum Gasteiger partial charge on any atom is -0.393 e. The van der Waals surface area contributed by atoms with Crippen molar-refractivity contribution in [3.8, 4) is 0 Å². The molecule has 1 heterocycles. The molecule has 19 heavy (non-hydrogen) atoms. The molecule has 0 aliphatic heterocycles. The van der Waals surface area contributed by atoms with Crippen molar-refractivity contribution in [3.05, 3.63) is 15.6 Å². The van der Waals surface area contributed by atoms with Gasteiger partial charge in [0.2, 0.25) is 0 Å². The number of hydrogen-bond acceptors (Lipinski definition) is 4. The largest absolute Gasteiger partial charge is 0.393 e. The van der Waals surface area contributed by atoms with Crippen LogP contribution in [0.2, 0.25) is 0 Å². The number of nitrogens with zero attached hydrogens (tertiary/aromatic N) is 1. The molecule has 0 saturated heterocycles. The fourth-order valence-corrected chi connectivity index (χ4v) is 3.31. The third kappa shape index (κ3) is 5.21. The van der Waals surface area contributed by atoms with Gasteiger partial charge in [0.15, 0.2) is 0 Å². The Morgan fingerprint density at radius 2 is 1.84 bits per heavy atom. The average Bonchev–Trinajstić information content (AvgIpc) is 2.67. The number of rotatable bonds is 7. The maximum Gasteiger partial charge on any atom is 0.0956 e. The molecule has 0 aliphatic rings. The van der Waals surface area contributed by atoms with Gasteiger partial charge >= 0.3 is 0 Å². The van der Waals surface area contributed by atoms with E-state index in [1.54, 1.807) is 0 Å². The van der Waals surface area contributed by atoms with Crippen molar-refractivity contribution in [2.45, 2.75) is 66.0 Å². The molecule has 0 fully saturated rings. The van der Waals surface area contributed by atoms with Crippen LogP contribution in [0.1, 0.15) is 68.6 Å². The summed E-state index contributed by atoms with van der Waals surface area (Å²) in [5, 5.41) is 14.2. The van der Waals surface area contributed by atoms with Gasteiger partial charge in [-0.3, -0.25) is 0 Å². The maximum absolute atomic E-state index is 9.38. The summed E-state index contributed by atoms with van der Waals surface area (Å²) in [6.45, 7) is 13.6. The summed E-state index contributed by atoms with van der Waals surface area (Å²) in [4.78, 5) is 5.99. The topological polar surface area (TPSA) is 45.2 Å². The lowest BCUT2D eigenvalue weighted by atomic mass is 10.0. The molecule has 1 aromatic rings. The smallest absolute Gasteiger partial charge is 0.0956 e. The summed E-state index contributed by atoms with van der Waals surface area (Å²) in [6.07, 6.45) is 0.628. The molecule has 3 unspecified atom stereocenters. The Hall–Kier alpha value is -0.450. The lowest BCUT2D eigenvalue weighted by Gasteiger charge is -2.18. The molecular weight excluding hydrogens is 256 g/mol. The van der Waals surface area contributed by atoms with Crippen LogP contribution in [-0.2, 0) is 0 Å². The number of hydrogen-bond donors (Lipinski definition) is 2. The summed E-state index contributed by atoms with van der Waals surface area (Å²) in [5.41, 5.74) is 1.15. The summed E-state index contributed by atoms with van der Waals surface area (Å²) in [7, 11) is 0. The number of aliphatic hydroxyl groups is 1. The number of aromatic nitrogens is 1. The van der Waals surface area contributed by atoms with E-state index in [4.69, 9.17) is 0 Å². The van der Waals surface area contributed by atoms with Crippen molar-refractivity contribution < 1.29 is 5.11 Å². The predicted molar refractivity (Wildman–Crippen MR) is 82.8 cm³/mol. The van der Waals surface area contributed by atoms with Crippen LogP contribution in [0.5, 0.6) is 0 Å². The van der Waals surface area contributed by atoms with E-state index in [9.17, 15) is 5.11 Å². The molecule has 0 saturated carbocycles. The second-order valence-electron chi connectivity index (χ2n) is 5.98. The van der Waals surface area contributed by atoms with Crippen LogP contribution in [0, 0.1) is 12.8 Å². The molecule has 4 heteroatoms. The van der Waals surface area contributed by atoms with Gasteiger partial charge in [0, 0.05) is 16.8 Å².